The van der Waals surface area contributed by atoms with Crippen molar-refractivity contribution in [3.63, 3.8) is 0 Å². The summed E-state index contributed by atoms with van der Waals surface area (Å²) in [6.45, 7) is 7.27. The van der Waals surface area contributed by atoms with Crippen LogP contribution in [0.25, 0.3) is 0 Å². The summed E-state index contributed by atoms with van der Waals surface area (Å²) < 4.78 is 5.53. The maximum absolute atomic E-state index is 5.53. The molecule has 1 aromatic rings. The van der Waals surface area contributed by atoms with E-state index in [-0.39, 0.29) is 0 Å². The molecular formula is C8H15NOSi. The van der Waals surface area contributed by atoms with Crippen LogP contribution in [-0.4, -0.2) is 8.07 Å². The van der Waals surface area contributed by atoms with Crippen LogP contribution in [0.2, 0.25) is 19.6 Å². The van der Waals surface area contributed by atoms with Crippen molar-refractivity contribution < 1.29 is 4.42 Å². The van der Waals surface area contributed by atoms with Crippen LogP contribution < -0.4 is 11.1 Å². The van der Waals surface area contributed by atoms with Gasteiger partial charge in [-0.15, -0.1) is 0 Å². The zero-order chi connectivity index (χ0) is 8.48. The molecule has 0 fully saturated rings. The zero-order valence-electron chi connectivity index (χ0n) is 7.35. The Morgan fingerprint density at radius 3 is 2.27 bits per heavy atom. The third-order valence-electron chi connectivity index (χ3n) is 1.60. The van der Waals surface area contributed by atoms with Gasteiger partial charge in [0.2, 0.25) is 0 Å². The number of furan rings is 1. The second-order valence-corrected chi connectivity index (χ2v) is 8.71. The molecule has 1 rings (SSSR count). The van der Waals surface area contributed by atoms with Gasteiger partial charge in [0.05, 0.1) is 11.9 Å². The van der Waals surface area contributed by atoms with Crippen molar-refractivity contribution in [1.29, 1.82) is 0 Å². The molecule has 0 amide bonds. The molecule has 0 bridgehead atoms. The first-order valence-corrected chi connectivity index (χ1v) is 7.33. The van der Waals surface area contributed by atoms with Crippen molar-refractivity contribution in [1.82, 2.24) is 0 Å². The lowest BCUT2D eigenvalue weighted by Crippen LogP contribution is -2.36. The van der Waals surface area contributed by atoms with Crippen LogP contribution in [0.5, 0.6) is 0 Å². The predicted molar refractivity (Wildman–Crippen MR) is 49.6 cm³/mol. The van der Waals surface area contributed by atoms with Gasteiger partial charge in [-0.05, 0) is 12.1 Å². The molecule has 0 aliphatic rings. The van der Waals surface area contributed by atoms with E-state index in [1.807, 2.05) is 6.07 Å². The Morgan fingerprint density at radius 1 is 1.36 bits per heavy atom. The topological polar surface area (TPSA) is 39.2 Å². The Kier molecular flexibility index (Phi) is 2.20. The lowest BCUT2D eigenvalue weighted by Gasteiger charge is -2.10. The molecule has 0 saturated heterocycles. The van der Waals surface area contributed by atoms with Gasteiger partial charge in [0.1, 0.15) is 13.8 Å². The lowest BCUT2D eigenvalue weighted by molar-refractivity contribution is 0.538. The summed E-state index contributed by atoms with van der Waals surface area (Å²) in [5.41, 5.74) is 5.43. The largest absolute Gasteiger partial charge is 0.470 e. The number of nitrogens with two attached hydrogens (primary N) is 1. The average Bonchev–Trinajstić information content (AvgIpc) is 2.32. The molecule has 3 heteroatoms. The average molecular weight is 169 g/mol. The molecule has 62 valence electrons. The smallest absolute Gasteiger partial charge is 0.123 e. The summed E-state index contributed by atoms with van der Waals surface area (Å²) in [7, 11) is -1.25. The molecular weight excluding hydrogens is 154 g/mol. The van der Waals surface area contributed by atoms with Crippen molar-refractivity contribution in [2.45, 2.75) is 26.2 Å². The molecule has 0 radical (unpaired) electrons. The number of rotatable bonds is 2. The monoisotopic (exact) mass is 169 g/mol. The third kappa shape index (κ3) is 1.94. The summed E-state index contributed by atoms with van der Waals surface area (Å²) in [5.74, 6) is 0.891. The second-order valence-electron chi connectivity index (χ2n) is 3.72. The summed E-state index contributed by atoms with van der Waals surface area (Å²) >= 11 is 0. The highest BCUT2D eigenvalue weighted by molar-refractivity contribution is 6.87. The van der Waals surface area contributed by atoms with Crippen LogP contribution in [0.4, 0.5) is 0 Å². The van der Waals surface area contributed by atoms with Gasteiger partial charge in [-0.3, -0.25) is 0 Å². The molecule has 11 heavy (non-hydrogen) atoms. The Hall–Kier alpha value is -0.543. The van der Waals surface area contributed by atoms with E-state index in [9.17, 15) is 0 Å². The van der Waals surface area contributed by atoms with Gasteiger partial charge in [0.15, 0.2) is 0 Å². The second kappa shape index (κ2) is 2.83. The van der Waals surface area contributed by atoms with E-state index in [0.29, 0.717) is 6.54 Å². The van der Waals surface area contributed by atoms with Crippen molar-refractivity contribution in [2.75, 3.05) is 0 Å². The number of hydrogen-bond donors (Lipinski definition) is 1. The third-order valence-corrected chi connectivity index (χ3v) is 3.35. The fourth-order valence-electron chi connectivity index (χ4n) is 0.891. The van der Waals surface area contributed by atoms with E-state index in [0.717, 1.165) is 11.1 Å². The minimum absolute atomic E-state index is 0.504. The minimum Gasteiger partial charge on any atom is -0.470 e. The molecule has 0 atom stereocenters. The highest BCUT2D eigenvalue weighted by atomic mass is 28.3. The Balaban J connectivity index is 2.89. The molecule has 0 aliphatic heterocycles. The normalized spacial score (nSPS) is 12.0. The van der Waals surface area contributed by atoms with Gasteiger partial charge in [-0.1, -0.05) is 19.6 Å². The van der Waals surface area contributed by atoms with E-state index in [1.165, 1.54) is 0 Å². The highest BCUT2D eigenvalue weighted by Gasteiger charge is 2.20. The maximum Gasteiger partial charge on any atom is 0.123 e. The van der Waals surface area contributed by atoms with Crippen LogP contribution in [-0.2, 0) is 6.54 Å². The van der Waals surface area contributed by atoms with Crippen LogP contribution in [0.1, 0.15) is 5.76 Å². The molecule has 0 unspecified atom stereocenters. The first kappa shape index (κ1) is 8.55. The van der Waals surface area contributed by atoms with Crippen LogP contribution in [0, 0.1) is 0 Å². The minimum atomic E-state index is -1.25. The van der Waals surface area contributed by atoms with Crippen LogP contribution in [0.3, 0.4) is 0 Å². The van der Waals surface area contributed by atoms with Gasteiger partial charge in [0, 0.05) is 0 Å². The molecule has 2 nitrogen and oxygen atoms in total. The molecule has 2 N–H and O–H groups in total. The van der Waals surface area contributed by atoms with Gasteiger partial charge in [-0.25, -0.2) is 0 Å². The van der Waals surface area contributed by atoms with Crippen LogP contribution >= 0.6 is 0 Å². The van der Waals surface area contributed by atoms with Crippen molar-refractivity contribution in [3.8, 4) is 0 Å². The Morgan fingerprint density at radius 2 is 2.00 bits per heavy atom. The fourth-order valence-corrected chi connectivity index (χ4v) is 1.91. The first-order chi connectivity index (χ1) is 5.04. The predicted octanol–water partition coefficient (Wildman–Crippen LogP) is 1.28. The molecule has 0 spiro atoms. The summed E-state index contributed by atoms with van der Waals surface area (Å²) in [6, 6.07) is 4.02. The molecule has 0 saturated carbocycles. The SMILES string of the molecule is C[Si](C)(C)c1ccc(CN)o1. The molecule has 0 aromatic carbocycles. The Bertz CT molecular complexity index is 236. The quantitative estimate of drug-likeness (QED) is 0.677. The first-order valence-electron chi connectivity index (χ1n) is 3.83. The van der Waals surface area contributed by atoms with Crippen molar-refractivity contribution in [3.05, 3.63) is 17.9 Å². The summed E-state index contributed by atoms with van der Waals surface area (Å²) in [6.07, 6.45) is 0. The van der Waals surface area contributed by atoms with E-state index >= 15 is 0 Å². The summed E-state index contributed by atoms with van der Waals surface area (Å²) in [5, 5.41) is 1.14. The van der Waals surface area contributed by atoms with Gasteiger partial charge >= 0.3 is 0 Å². The van der Waals surface area contributed by atoms with E-state index in [2.05, 4.69) is 25.7 Å². The van der Waals surface area contributed by atoms with Crippen LogP contribution in [0.15, 0.2) is 16.5 Å². The highest BCUT2D eigenvalue weighted by Crippen LogP contribution is 2.05. The standard InChI is InChI=1S/C8H15NOSi/c1-11(2,3)8-5-4-7(6-9)10-8/h4-5H,6,9H2,1-3H3. The van der Waals surface area contributed by atoms with E-state index < -0.39 is 8.07 Å². The van der Waals surface area contributed by atoms with E-state index in [4.69, 9.17) is 10.2 Å². The Labute approximate surface area is 68.4 Å². The van der Waals surface area contributed by atoms with Gasteiger partial charge < -0.3 is 10.2 Å². The van der Waals surface area contributed by atoms with Crippen molar-refractivity contribution in [2.24, 2.45) is 5.73 Å². The maximum atomic E-state index is 5.53. The molecule has 1 aromatic heterocycles. The number of hydrogen-bond acceptors (Lipinski definition) is 2. The van der Waals surface area contributed by atoms with Crippen molar-refractivity contribution >= 4 is 13.5 Å². The molecule has 0 aliphatic carbocycles. The summed E-state index contributed by atoms with van der Waals surface area (Å²) in [4.78, 5) is 0. The molecule has 1 heterocycles. The fraction of sp³-hybridized carbons (Fsp3) is 0.500. The van der Waals surface area contributed by atoms with Gasteiger partial charge in [-0.2, -0.15) is 0 Å². The van der Waals surface area contributed by atoms with E-state index in [1.54, 1.807) is 0 Å². The van der Waals surface area contributed by atoms with Gasteiger partial charge in [0.25, 0.3) is 0 Å². The lowest BCUT2D eigenvalue weighted by atomic mass is 10.5. The zero-order valence-corrected chi connectivity index (χ0v) is 8.35.